The van der Waals surface area contributed by atoms with Crippen molar-refractivity contribution in [1.29, 1.82) is 0 Å². The van der Waals surface area contributed by atoms with Crippen LogP contribution < -0.4 is 19.8 Å². The van der Waals surface area contributed by atoms with Crippen molar-refractivity contribution in [1.82, 2.24) is 4.98 Å². The molecule has 164 valence electrons. The molecule has 0 spiro atoms. The molecule has 4 aromatic rings. The molecule has 32 heavy (non-hydrogen) atoms. The predicted molar refractivity (Wildman–Crippen MR) is 127 cm³/mol. The summed E-state index contributed by atoms with van der Waals surface area (Å²) in [5.74, 6) is 1.33. The number of ether oxygens (including phenoxy) is 3. The summed E-state index contributed by atoms with van der Waals surface area (Å²) < 4.78 is 17.9. The average Bonchev–Trinajstić information content (AvgIpc) is 2.83. The molecule has 1 aromatic heterocycles. The van der Waals surface area contributed by atoms with E-state index in [0.29, 0.717) is 30.2 Å². The third-order valence-corrected chi connectivity index (χ3v) is 5.11. The third kappa shape index (κ3) is 5.30. The zero-order valence-electron chi connectivity index (χ0n) is 18.2. The third-order valence-electron chi connectivity index (χ3n) is 5.11. The van der Waals surface area contributed by atoms with Gasteiger partial charge in [-0.25, -0.2) is 0 Å². The first-order valence-electron chi connectivity index (χ1n) is 10.9. The molecule has 0 aliphatic rings. The number of fused-ring (bicyclic) bond motifs is 1. The summed E-state index contributed by atoms with van der Waals surface area (Å²) in [6.45, 7) is 3.36. The van der Waals surface area contributed by atoms with Gasteiger partial charge in [0.2, 0.25) is 5.75 Å². The van der Waals surface area contributed by atoms with E-state index < -0.39 is 0 Å². The summed E-state index contributed by atoms with van der Waals surface area (Å²) in [5, 5.41) is 0.770. The lowest BCUT2D eigenvalue weighted by molar-refractivity contribution is 0.255. The number of rotatable bonds is 10. The molecule has 3 aromatic carbocycles. The first-order valence-corrected chi connectivity index (χ1v) is 10.9. The Morgan fingerprint density at radius 3 is 2.00 bits per heavy atom. The average molecular weight is 430 g/mol. The molecule has 0 saturated heterocycles. The molecule has 0 fully saturated rings. The quantitative estimate of drug-likeness (QED) is 0.321. The maximum atomic E-state index is 13.0. The molecule has 4 rings (SSSR count). The van der Waals surface area contributed by atoms with Crippen LogP contribution in [0.15, 0.2) is 83.7 Å². The number of hydrogen-bond acceptors (Lipinski definition) is 4. The second-order valence-electron chi connectivity index (χ2n) is 7.57. The van der Waals surface area contributed by atoms with Crippen molar-refractivity contribution in [2.45, 2.75) is 33.0 Å². The van der Waals surface area contributed by atoms with Crippen molar-refractivity contribution in [3.63, 3.8) is 0 Å². The van der Waals surface area contributed by atoms with E-state index in [1.807, 2.05) is 78.9 Å². The van der Waals surface area contributed by atoms with Crippen LogP contribution in [0.4, 0.5) is 0 Å². The Morgan fingerprint density at radius 2 is 1.38 bits per heavy atom. The van der Waals surface area contributed by atoms with Crippen molar-refractivity contribution < 1.29 is 14.2 Å². The largest absolute Gasteiger partial charge is 0.494 e. The Balaban J connectivity index is 1.68. The van der Waals surface area contributed by atoms with Gasteiger partial charge in [-0.05, 0) is 29.7 Å². The SMILES string of the molecule is CCCCOc1ccc2c(OCc3ccccc3)c(OCc3ccccc3)c(=O)[nH]c2c1. The maximum absolute atomic E-state index is 13.0. The zero-order chi connectivity index (χ0) is 22.2. The monoisotopic (exact) mass is 429 g/mol. The number of aromatic nitrogens is 1. The van der Waals surface area contributed by atoms with Gasteiger partial charge in [-0.1, -0.05) is 74.0 Å². The Bertz CT molecular complexity index is 1200. The summed E-state index contributed by atoms with van der Waals surface area (Å²) in [7, 11) is 0. The summed E-state index contributed by atoms with van der Waals surface area (Å²) >= 11 is 0. The molecule has 1 N–H and O–H groups in total. The van der Waals surface area contributed by atoms with E-state index in [1.54, 1.807) is 0 Å². The van der Waals surface area contributed by atoms with Crippen molar-refractivity contribution in [2.24, 2.45) is 0 Å². The smallest absolute Gasteiger partial charge is 0.294 e. The van der Waals surface area contributed by atoms with E-state index in [0.717, 1.165) is 29.4 Å². The second kappa shape index (κ2) is 10.5. The van der Waals surface area contributed by atoms with Crippen molar-refractivity contribution in [2.75, 3.05) is 6.61 Å². The fourth-order valence-corrected chi connectivity index (χ4v) is 3.39. The van der Waals surface area contributed by atoms with Crippen LogP contribution in [0.2, 0.25) is 0 Å². The molecule has 5 heteroatoms. The highest BCUT2D eigenvalue weighted by Crippen LogP contribution is 2.34. The number of hydrogen-bond donors (Lipinski definition) is 1. The molecule has 0 aliphatic carbocycles. The summed E-state index contributed by atoms with van der Waals surface area (Å²) in [6, 6.07) is 25.2. The lowest BCUT2D eigenvalue weighted by Gasteiger charge is -2.15. The Hall–Kier alpha value is -3.73. The van der Waals surface area contributed by atoms with E-state index in [1.165, 1.54) is 0 Å². The molecule has 0 atom stereocenters. The van der Waals surface area contributed by atoms with Crippen LogP contribution >= 0.6 is 0 Å². The van der Waals surface area contributed by atoms with Gasteiger partial charge in [0.1, 0.15) is 19.0 Å². The molecule has 0 amide bonds. The molecule has 0 saturated carbocycles. The Morgan fingerprint density at radius 1 is 0.750 bits per heavy atom. The van der Waals surface area contributed by atoms with Gasteiger partial charge in [-0.3, -0.25) is 4.79 Å². The number of aromatic amines is 1. The fraction of sp³-hybridized carbons (Fsp3) is 0.222. The van der Waals surface area contributed by atoms with Crippen LogP contribution in [0.3, 0.4) is 0 Å². The van der Waals surface area contributed by atoms with E-state index in [2.05, 4.69) is 11.9 Å². The molecule has 0 bridgehead atoms. The van der Waals surface area contributed by atoms with Crippen LogP contribution in [0.25, 0.3) is 10.9 Å². The normalized spacial score (nSPS) is 10.8. The lowest BCUT2D eigenvalue weighted by Crippen LogP contribution is -2.14. The van der Waals surface area contributed by atoms with Crippen LogP contribution in [0, 0.1) is 0 Å². The number of nitrogens with one attached hydrogen (secondary N) is 1. The van der Waals surface area contributed by atoms with Gasteiger partial charge >= 0.3 is 0 Å². The van der Waals surface area contributed by atoms with Gasteiger partial charge in [0.15, 0.2) is 5.75 Å². The van der Waals surface area contributed by atoms with E-state index in [4.69, 9.17) is 14.2 Å². The molecule has 0 aliphatic heterocycles. The highest BCUT2D eigenvalue weighted by Gasteiger charge is 2.17. The first-order chi connectivity index (χ1) is 15.7. The van der Waals surface area contributed by atoms with E-state index in [9.17, 15) is 4.79 Å². The molecular formula is C27H27NO4. The Kier molecular flexibility index (Phi) is 7.08. The van der Waals surface area contributed by atoms with Gasteiger partial charge in [-0.15, -0.1) is 0 Å². The standard InChI is InChI=1S/C27H27NO4/c1-2-3-16-30-22-14-15-23-24(17-22)28-27(29)26(32-19-21-12-8-5-9-13-21)25(23)31-18-20-10-6-4-7-11-20/h4-15,17H,2-3,16,18-19H2,1H3,(H,28,29). The van der Waals surface area contributed by atoms with Crippen LogP contribution in [0.1, 0.15) is 30.9 Å². The molecule has 0 unspecified atom stereocenters. The molecular weight excluding hydrogens is 402 g/mol. The van der Waals surface area contributed by atoms with E-state index in [-0.39, 0.29) is 17.9 Å². The summed E-state index contributed by atoms with van der Waals surface area (Å²) in [6.07, 6.45) is 2.04. The van der Waals surface area contributed by atoms with E-state index >= 15 is 0 Å². The highest BCUT2D eigenvalue weighted by atomic mass is 16.5. The summed E-state index contributed by atoms with van der Waals surface area (Å²) in [5.41, 5.74) is 2.30. The summed E-state index contributed by atoms with van der Waals surface area (Å²) in [4.78, 5) is 15.9. The minimum atomic E-state index is -0.331. The minimum Gasteiger partial charge on any atom is -0.494 e. The van der Waals surface area contributed by atoms with Crippen LogP contribution in [-0.2, 0) is 13.2 Å². The molecule has 5 nitrogen and oxygen atoms in total. The van der Waals surface area contributed by atoms with Gasteiger partial charge in [-0.2, -0.15) is 0 Å². The lowest BCUT2D eigenvalue weighted by atomic mass is 10.1. The maximum Gasteiger partial charge on any atom is 0.294 e. The topological polar surface area (TPSA) is 60.6 Å². The highest BCUT2D eigenvalue weighted by molar-refractivity contribution is 5.88. The number of unbranched alkanes of at least 4 members (excludes halogenated alkanes) is 1. The first kappa shape index (κ1) is 21.5. The van der Waals surface area contributed by atoms with Crippen LogP contribution in [0.5, 0.6) is 17.2 Å². The fourth-order valence-electron chi connectivity index (χ4n) is 3.39. The zero-order valence-corrected chi connectivity index (χ0v) is 18.2. The molecule has 0 radical (unpaired) electrons. The van der Waals surface area contributed by atoms with Gasteiger partial charge in [0.25, 0.3) is 5.56 Å². The number of benzene rings is 3. The van der Waals surface area contributed by atoms with Gasteiger partial charge in [0, 0.05) is 11.5 Å². The van der Waals surface area contributed by atoms with Crippen molar-refractivity contribution in [3.8, 4) is 17.2 Å². The van der Waals surface area contributed by atoms with Gasteiger partial charge in [0.05, 0.1) is 12.1 Å². The predicted octanol–water partition coefficient (Wildman–Crippen LogP) is 5.87. The minimum absolute atomic E-state index is 0.178. The van der Waals surface area contributed by atoms with Gasteiger partial charge < -0.3 is 19.2 Å². The van der Waals surface area contributed by atoms with Crippen LogP contribution in [-0.4, -0.2) is 11.6 Å². The van der Waals surface area contributed by atoms with Crippen molar-refractivity contribution >= 4 is 10.9 Å². The number of pyridine rings is 1. The Labute approximate surface area is 187 Å². The number of H-pyrrole nitrogens is 1. The second-order valence-corrected chi connectivity index (χ2v) is 7.57. The molecule has 1 heterocycles. The van der Waals surface area contributed by atoms with Crippen molar-refractivity contribution in [3.05, 3.63) is 100 Å².